The molecular weight excluding hydrogens is 336 g/mol. The number of Topliss-reactive ketones (excluding diaryl/α,β-unsaturated/α-hetero) is 1. The number of primary amides is 1. The van der Waals surface area contributed by atoms with Crippen molar-refractivity contribution >= 4 is 34.7 Å². The van der Waals surface area contributed by atoms with Crippen molar-refractivity contribution in [1.82, 2.24) is 9.78 Å². The highest BCUT2D eigenvalue weighted by Gasteiger charge is 2.34. The minimum atomic E-state index is -0.533. The zero-order valence-corrected chi connectivity index (χ0v) is 14.1. The molecule has 0 aliphatic carbocycles. The van der Waals surface area contributed by atoms with Gasteiger partial charge in [0.05, 0.1) is 17.6 Å². The molecule has 26 heavy (non-hydrogen) atoms. The van der Waals surface area contributed by atoms with Crippen molar-refractivity contribution in [1.29, 1.82) is 0 Å². The predicted octanol–water partition coefficient (Wildman–Crippen LogP) is 0.531. The molecule has 0 bridgehead atoms. The molecule has 0 saturated carbocycles. The average molecular weight is 354 g/mol. The third-order valence-corrected chi connectivity index (χ3v) is 3.87. The Morgan fingerprint density at radius 2 is 2.00 bits per heavy atom. The lowest BCUT2D eigenvalue weighted by Gasteiger charge is -2.20. The number of hydrogen-bond acceptors (Lipinski definition) is 6. The topological polar surface area (TPSA) is 123 Å². The van der Waals surface area contributed by atoms with Crippen molar-refractivity contribution in [3.63, 3.8) is 0 Å². The van der Waals surface area contributed by atoms with Crippen LogP contribution in [0.25, 0.3) is 0 Å². The van der Waals surface area contributed by atoms with Crippen molar-refractivity contribution in [3.05, 3.63) is 42.7 Å². The molecule has 3 rings (SSSR count). The number of para-hydroxylation sites is 1. The quantitative estimate of drug-likeness (QED) is 0.783. The van der Waals surface area contributed by atoms with Crippen molar-refractivity contribution in [2.45, 2.75) is 25.9 Å². The zero-order valence-electron chi connectivity index (χ0n) is 14.1. The molecule has 9 heteroatoms. The van der Waals surface area contributed by atoms with E-state index in [1.165, 1.54) is 24.0 Å². The van der Waals surface area contributed by atoms with E-state index in [4.69, 9.17) is 5.73 Å². The van der Waals surface area contributed by atoms with Crippen LogP contribution in [0.5, 0.6) is 0 Å². The Morgan fingerprint density at radius 1 is 1.27 bits per heavy atom. The van der Waals surface area contributed by atoms with Gasteiger partial charge >= 0.3 is 0 Å². The monoisotopic (exact) mass is 354 g/mol. The van der Waals surface area contributed by atoms with Gasteiger partial charge in [-0.05, 0) is 19.1 Å². The van der Waals surface area contributed by atoms with Crippen LogP contribution in [0.3, 0.4) is 0 Å². The van der Waals surface area contributed by atoms with Gasteiger partial charge in [0.25, 0.3) is 5.91 Å². The van der Waals surface area contributed by atoms with E-state index in [1.807, 2.05) is 30.3 Å². The Kier molecular flexibility index (Phi) is 4.78. The summed E-state index contributed by atoms with van der Waals surface area (Å²) >= 11 is 0. The number of rotatable bonds is 6. The summed E-state index contributed by atoms with van der Waals surface area (Å²) in [5.74, 6) is -1.03. The molecule has 0 radical (unpaired) electrons. The molecule has 0 saturated heterocycles. The molecule has 3 N–H and O–H groups in total. The minimum Gasteiger partial charge on any atom is -0.368 e. The largest absolute Gasteiger partial charge is 0.368 e. The number of carbonyl (C=O) groups excluding carboxylic acids is 3. The highest BCUT2D eigenvalue weighted by atomic mass is 16.2. The second-order valence-corrected chi connectivity index (χ2v) is 5.90. The van der Waals surface area contributed by atoms with Gasteiger partial charge in [0.1, 0.15) is 18.3 Å². The Balaban J connectivity index is 1.75. The number of nitrogens with one attached hydrogen (secondary N) is 1. The number of hydrogen-bond donors (Lipinski definition) is 2. The lowest BCUT2D eigenvalue weighted by atomic mass is 10.1. The summed E-state index contributed by atoms with van der Waals surface area (Å²) in [7, 11) is 0. The van der Waals surface area contributed by atoms with Crippen LogP contribution in [-0.4, -0.2) is 39.1 Å². The van der Waals surface area contributed by atoms with Crippen LogP contribution in [-0.2, 0) is 20.9 Å². The molecule has 1 aromatic heterocycles. The molecule has 1 aliphatic heterocycles. The Morgan fingerprint density at radius 3 is 2.65 bits per heavy atom. The molecule has 2 amide bonds. The van der Waals surface area contributed by atoms with Gasteiger partial charge in [-0.3, -0.25) is 24.1 Å². The van der Waals surface area contributed by atoms with Gasteiger partial charge in [-0.25, -0.2) is 0 Å². The van der Waals surface area contributed by atoms with E-state index in [2.05, 4.69) is 15.5 Å². The highest BCUT2D eigenvalue weighted by molar-refractivity contribution is 6.44. The first-order valence-corrected chi connectivity index (χ1v) is 7.98. The second-order valence-electron chi connectivity index (χ2n) is 5.90. The number of amides is 2. The van der Waals surface area contributed by atoms with Crippen molar-refractivity contribution < 1.29 is 14.4 Å². The lowest BCUT2D eigenvalue weighted by Crippen LogP contribution is -2.33. The SMILES string of the molecule is CC(=O)C1CC(C(=O)Nc2cnn(CC(N)=O)c2)=NN1c1ccccc1. The molecule has 1 aliphatic rings. The molecular formula is C17H18N6O3. The minimum absolute atomic E-state index is 0.0744. The van der Waals surface area contributed by atoms with Crippen LogP contribution < -0.4 is 16.1 Å². The fourth-order valence-corrected chi connectivity index (χ4v) is 2.66. The maximum Gasteiger partial charge on any atom is 0.272 e. The Hall–Kier alpha value is -3.49. The summed E-state index contributed by atoms with van der Waals surface area (Å²) in [5.41, 5.74) is 6.51. The number of hydrazone groups is 1. The van der Waals surface area contributed by atoms with E-state index in [0.29, 0.717) is 5.69 Å². The van der Waals surface area contributed by atoms with E-state index < -0.39 is 17.9 Å². The molecule has 1 aromatic carbocycles. The third-order valence-electron chi connectivity index (χ3n) is 3.87. The Bertz CT molecular complexity index is 874. The van der Waals surface area contributed by atoms with Gasteiger partial charge in [-0.15, -0.1) is 0 Å². The number of aromatic nitrogens is 2. The number of nitrogens with zero attached hydrogens (tertiary/aromatic N) is 4. The van der Waals surface area contributed by atoms with Gasteiger partial charge in [-0.1, -0.05) is 18.2 Å². The summed E-state index contributed by atoms with van der Waals surface area (Å²) in [5, 5.41) is 12.5. The summed E-state index contributed by atoms with van der Waals surface area (Å²) < 4.78 is 1.32. The average Bonchev–Trinajstić information content (AvgIpc) is 3.22. The van der Waals surface area contributed by atoms with E-state index >= 15 is 0 Å². The fourth-order valence-electron chi connectivity index (χ4n) is 2.66. The third kappa shape index (κ3) is 3.77. The molecule has 1 unspecified atom stereocenters. The number of carbonyl (C=O) groups is 3. The zero-order chi connectivity index (χ0) is 18.7. The normalized spacial score (nSPS) is 16.3. The smallest absolute Gasteiger partial charge is 0.272 e. The lowest BCUT2D eigenvalue weighted by molar-refractivity contribution is -0.119. The van der Waals surface area contributed by atoms with E-state index in [-0.39, 0.29) is 24.5 Å². The molecule has 134 valence electrons. The van der Waals surface area contributed by atoms with Crippen LogP contribution in [0.15, 0.2) is 47.8 Å². The van der Waals surface area contributed by atoms with Crippen molar-refractivity contribution in [3.8, 4) is 0 Å². The van der Waals surface area contributed by atoms with Crippen LogP contribution in [0.4, 0.5) is 11.4 Å². The Labute approximate surface area is 149 Å². The van der Waals surface area contributed by atoms with E-state index in [1.54, 1.807) is 5.01 Å². The molecule has 0 fully saturated rings. The molecule has 2 heterocycles. The molecule has 1 atom stereocenters. The molecule has 0 spiro atoms. The van der Waals surface area contributed by atoms with Crippen LogP contribution in [0.2, 0.25) is 0 Å². The van der Waals surface area contributed by atoms with Gasteiger partial charge in [0.15, 0.2) is 5.78 Å². The van der Waals surface area contributed by atoms with Gasteiger partial charge in [0.2, 0.25) is 5.91 Å². The molecule has 2 aromatic rings. The highest BCUT2D eigenvalue weighted by Crippen LogP contribution is 2.25. The maximum atomic E-state index is 12.5. The summed E-state index contributed by atoms with van der Waals surface area (Å²) in [6.45, 7) is 1.40. The van der Waals surface area contributed by atoms with Gasteiger partial charge < -0.3 is 11.1 Å². The number of benzene rings is 1. The first kappa shape index (κ1) is 17.3. The maximum absolute atomic E-state index is 12.5. The van der Waals surface area contributed by atoms with Gasteiger partial charge in [0, 0.05) is 12.6 Å². The fraction of sp³-hybridized carbons (Fsp3) is 0.235. The predicted molar refractivity (Wildman–Crippen MR) is 95.5 cm³/mol. The first-order chi connectivity index (χ1) is 12.4. The first-order valence-electron chi connectivity index (χ1n) is 7.98. The second kappa shape index (κ2) is 7.18. The number of nitrogens with two attached hydrogens (primary N) is 1. The summed E-state index contributed by atoms with van der Waals surface area (Å²) in [6.07, 6.45) is 3.12. The number of ketones is 1. The summed E-state index contributed by atoms with van der Waals surface area (Å²) in [6, 6.07) is 8.68. The van der Waals surface area contributed by atoms with Crippen molar-refractivity contribution in [2.24, 2.45) is 10.8 Å². The van der Waals surface area contributed by atoms with E-state index in [0.717, 1.165) is 5.69 Å². The van der Waals surface area contributed by atoms with Crippen LogP contribution in [0.1, 0.15) is 13.3 Å². The molecule has 9 nitrogen and oxygen atoms in total. The standard InChI is InChI=1S/C17H18N6O3/c1-11(24)15-7-14(21-23(15)13-5-3-2-4-6-13)17(26)20-12-8-19-22(9-12)10-16(18)25/h2-6,8-9,15H,7,10H2,1H3,(H2,18,25)(H,20,26). The van der Waals surface area contributed by atoms with Crippen LogP contribution >= 0.6 is 0 Å². The van der Waals surface area contributed by atoms with Crippen LogP contribution in [0, 0.1) is 0 Å². The summed E-state index contributed by atoms with van der Waals surface area (Å²) in [4.78, 5) is 35.3. The number of anilines is 2. The van der Waals surface area contributed by atoms with Crippen molar-refractivity contribution in [2.75, 3.05) is 10.3 Å². The van der Waals surface area contributed by atoms with E-state index in [9.17, 15) is 14.4 Å². The van der Waals surface area contributed by atoms with Gasteiger partial charge in [-0.2, -0.15) is 10.2 Å².